The first-order valence-corrected chi connectivity index (χ1v) is 5.30. The zero-order valence-corrected chi connectivity index (χ0v) is 8.86. The van der Waals surface area contributed by atoms with E-state index < -0.39 is 0 Å². The molecular formula is C13H10BNO. The van der Waals surface area contributed by atoms with Crippen LogP contribution in [0.25, 0.3) is 10.9 Å². The largest absolute Gasteiger partial charge is 0.400 e. The van der Waals surface area contributed by atoms with Gasteiger partial charge in [0.15, 0.2) is 5.78 Å². The van der Waals surface area contributed by atoms with Gasteiger partial charge in [-0.15, -0.1) is 0 Å². The Balaban J connectivity index is 2.45. The third-order valence-electron chi connectivity index (χ3n) is 3.22. The van der Waals surface area contributed by atoms with Crippen molar-refractivity contribution in [2.45, 2.75) is 12.8 Å². The van der Waals surface area contributed by atoms with Crippen molar-refractivity contribution < 1.29 is 4.79 Å². The fourth-order valence-corrected chi connectivity index (χ4v) is 2.37. The molecule has 0 fully saturated rings. The van der Waals surface area contributed by atoms with E-state index in [1.165, 1.54) is 0 Å². The highest BCUT2D eigenvalue weighted by Crippen LogP contribution is 2.32. The van der Waals surface area contributed by atoms with Crippen molar-refractivity contribution in [3.63, 3.8) is 0 Å². The van der Waals surface area contributed by atoms with Crippen molar-refractivity contribution >= 4 is 24.7 Å². The molecule has 0 N–H and O–H groups in total. The summed E-state index contributed by atoms with van der Waals surface area (Å²) in [6.45, 7) is 3.81. The van der Waals surface area contributed by atoms with Crippen LogP contribution in [0.1, 0.15) is 22.5 Å². The van der Waals surface area contributed by atoms with E-state index in [0.29, 0.717) is 12.0 Å². The Labute approximate surface area is 95.0 Å². The van der Waals surface area contributed by atoms with Gasteiger partial charge in [0.1, 0.15) is 0 Å². The first-order chi connectivity index (χ1) is 7.70. The number of para-hydroxylation sites is 1. The van der Waals surface area contributed by atoms with Crippen LogP contribution in [0.3, 0.4) is 0 Å². The highest BCUT2D eigenvalue weighted by atomic mass is 16.1. The molecule has 0 aliphatic heterocycles. The van der Waals surface area contributed by atoms with E-state index >= 15 is 0 Å². The molecule has 0 unspecified atom stereocenters. The maximum atomic E-state index is 12.1. The lowest BCUT2D eigenvalue weighted by atomic mass is 9.90. The number of aromatic nitrogens is 1. The fourth-order valence-electron chi connectivity index (χ4n) is 2.37. The number of hydrogen-bond acceptors (Lipinski definition) is 1. The summed E-state index contributed by atoms with van der Waals surface area (Å²) in [4.78, 5) is 12.1. The maximum Gasteiger partial charge on any atom is 0.234 e. The molecule has 1 aromatic carbocycles. The lowest BCUT2D eigenvalue weighted by Gasteiger charge is -2.14. The summed E-state index contributed by atoms with van der Waals surface area (Å²) in [5, 5.41) is 0.936. The number of fused-ring (bicyclic) bond motifs is 3. The molecular weight excluding hydrogens is 197 g/mol. The maximum absolute atomic E-state index is 12.1. The third-order valence-corrected chi connectivity index (χ3v) is 3.22. The average molecular weight is 207 g/mol. The zero-order chi connectivity index (χ0) is 11.3. The Morgan fingerprint density at radius 2 is 2.00 bits per heavy atom. The first-order valence-electron chi connectivity index (χ1n) is 5.30. The molecule has 0 atom stereocenters. The summed E-state index contributed by atoms with van der Waals surface area (Å²) in [5.74, 6) is 0.0432. The molecule has 2 nitrogen and oxygen atoms in total. The standard InChI is InChI=1S/C13H10BNO/c1-8-6-7-11-12(13(8)16)9-4-2-3-5-10(9)15(11)14/h2-5H,1,6-7H2. The predicted molar refractivity (Wildman–Crippen MR) is 64.9 cm³/mol. The van der Waals surface area contributed by atoms with Gasteiger partial charge in [0.25, 0.3) is 0 Å². The molecule has 76 valence electrons. The molecule has 1 aliphatic rings. The summed E-state index contributed by atoms with van der Waals surface area (Å²) >= 11 is 0. The molecule has 0 amide bonds. The van der Waals surface area contributed by atoms with Crippen LogP contribution in [0.2, 0.25) is 0 Å². The topological polar surface area (TPSA) is 22.0 Å². The minimum atomic E-state index is 0.0432. The second kappa shape index (κ2) is 3.11. The number of ketones is 1. The molecule has 0 spiro atoms. The van der Waals surface area contributed by atoms with Crippen LogP contribution in [0.15, 0.2) is 36.4 Å². The molecule has 0 saturated carbocycles. The number of rotatable bonds is 0. The highest BCUT2D eigenvalue weighted by Gasteiger charge is 2.26. The number of Topliss-reactive ketones (excluding diaryl/α,β-unsaturated/α-hetero) is 1. The number of hydrogen-bond donors (Lipinski definition) is 0. The van der Waals surface area contributed by atoms with Crippen molar-refractivity contribution in [3.8, 4) is 0 Å². The van der Waals surface area contributed by atoms with Gasteiger partial charge in [-0.3, -0.25) is 4.79 Å². The average Bonchev–Trinajstić information content (AvgIpc) is 2.59. The molecule has 2 radical (unpaired) electrons. The molecule has 0 bridgehead atoms. The van der Waals surface area contributed by atoms with E-state index in [1.807, 2.05) is 24.3 Å². The van der Waals surface area contributed by atoms with Gasteiger partial charge in [0.05, 0.1) is 0 Å². The van der Waals surface area contributed by atoms with Crippen LogP contribution < -0.4 is 0 Å². The third kappa shape index (κ3) is 1.06. The molecule has 16 heavy (non-hydrogen) atoms. The lowest BCUT2D eigenvalue weighted by Crippen LogP contribution is -2.14. The molecule has 3 rings (SSSR count). The zero-order valence-electron chi connectivity index (χ0n) is 8.86. The van der Waals surface area contributed by atoms with E-state index in [4.69, 9.17) is 7.98 Å². The quantitative estimate of drug-likeness (QED) is 0.479. The number of carbonyl (C=O) groups excluding carboxylic acids is 1. The van der Waals surface area contributed by atoms with Crippen molar-refractivity contribution in [3.05, 3.63) is 47.7 Å². The van der Waals surface area contributed by atoms with E-state index in [-0.39, 0.29) is 5.78 Å². The summed E-state index contributed by atoms with van der Waals surface area (Å²) in [6, 6.07) is 7.72. The molecule has 1 aromatic heterocycles. The number of carbonyl (C=O) groups is 1. The first kappa shape index (κ1) is 9.46. The van der Waals surface area contributed by atoms with E-state index in [1.54, 1.807) is 4.48 Å². The number of allylic oxidation sites excluding steroid dienone is 1. The fraction of sp³-hybridized carbons (Fsp3) is 0.154. The summed E-state index contributed by atoms with van der Waals surface area (Å²) in [7, 11) is 6.00. The number of nitrogens with zero attached hydrogens (tertiary/aromatic N) is 1. The lowest BCUT2D eigenvalue weighted by molar-refractivity contribution is 0.102. The Morgan fingerprint density at radius 3 is 2.81 bits per heavy atom. The van der Waals surface area contributed by atoms with Crippen LogP contribution in [-0.2, 0) is 6.42 Å². The van der Waals surface area contributed by atoms with Crippen molar-refractivity contribution in [1.29, 1.82) is 0 Å². The van der Waals surface area contributed by atoms with Gasteiger partial charge in [-0.1, -0.05) is 24.8 Å². The van der Waals surface area contributed by atoms with Crippen LogP contribution in [0.5, 0.6) is 0 Å². The van der Waals surface area contributed by atoms with Gasteiger partial charge in [-0.2, -0.15) is 0 Å². The molecule has 3 heteroatoms. The second-order valence-electron chi connectivity index (χ2n) is 4.14. The Hall–Kier alpha value is -1.77. The Morgan fingerprint density at radius 1 is 1.25 bits per heavy atom. The van der Waals surface area contributed by atoms with Crippen molar-refractivity contribution in [1.82, 2.24) is 4.48 Å². The van der Waals surface area contributed by atoms with E-state index in [9.17, 15) is 4.79 Å². The number of benzene rings is 1. The van der Waals surface area contributed by atoms with Crippen LogP contribution >= 0.6 is 0 Å². The van der Waals surface area contributed by atoms with Crippen LogP contribution in [0.4, 0.5) is 0 Å². The summed E-state index contributed by atoms with van der Waals surface area (Å²) in [6.07, 6.45) is 1.50. The van der Waals surface area contributed by atoms with E-state index in [2.05, 4.69) is 6.58 Å². The molecule has 1 heterocycles. The molecule has 0 saturated heterocycles. The minimum Gasteiger partial charge on any atom is -0.400 e. The normalized spacial score (nSPS) is 15.5. The van der Waals surface area contributed by atoms with Crippen molar-refractivity contribution in [2.75, 3.05) is 0 Å². The van der Waals surface area contributed by atoms with Gasteiger partial charge in [0, 0.05) is 22.2 Å². The minimum absolute atomic E-state index is 0.0432. The monoisotopic (exact) mass is 207 g/mol. The van der Waals surface area contributed by atoms with Gasteiger partial charge >= 0.3 is 0 Å². The predicted octanol–water partition coefficient (Wildman–Crippen LogP) is 2.26. The molecule has 2 aromatic rings. The second-order valence-corrected chi connectivity index (χ2v) is 4.14. The van der Waals surface area contributed by atoms with Gasteiger partial charge in [0.2, 0.25) is 7.98 Å². The highest BCUT2D eigenvalue weighted by molar-refractivity contribution is 6.22. The summed E-state index contributed by atoms with van der Waals surface area (Å²) < 4.78 is 1.63. The van der Waals surface area contributed by atoms with Crippen molar-refractivity contribution in [2.24, 2.45) is 0 Å². The van der Waals surface area contributed by atoms with Gasteiger partial charge in [-0.05, 0) is 24.5 Å². The Bertz CT molecular complexity index is 624. The summed E-state index contributed by atoms with van der Waals surface area (Å²) in [5.41, 5.74) is 3.27. The SMILES string of the molecule is [B]n1c2c(c3ccccc31)C(=O)C(=C)CC2. The smallest absolute Gasteiger partial charge is 0.234 e. The van der Waals surface area contributed by atoms with Gasteiger partial charge < -0.3 is 4.48 Å². The van der Waals surface area contributed by atoms with E-state index in [0.717, 1.165) is 28.6 Å². The molecule has 1 aliphatic carbocycles. The van der Waals surface area contributed by atoms with Crippen LogP contribution in [0, 0.1) is 0 Å². The van der Waals surface area contributed by atoms with Crippen LogP contribution in [-0.4, -0.2) is 18.2 Å². The Kier molecular flexibility index (Phi) is 1.84. The van der Waals surface area contributed by atoms with Gasteiger partial charge in [-0.25, -0.2) is 0 Å².